The van der Waals surface area contributed by atoms with Crippen LogP contribution >= 0.6 is 12.2 Å². The number of rotatable bonds is 4. The molecule has 1 aliphatic rings. The number of ether oxygens (including phenoxy) is 1. The van der Waals surface area contributed by atoms with E-state index < -0.39 is 29.5 Å². The molecule has 170 valence electrons. The van der Waals surface area contributed by atoms with Crippen LogP contribution in [0.3, 0.4) is 0 Å². The lowest BCUT2D eigenvalue weighted by atomic mass is 9.81. The number of carbonyl (C=O) groups is 3. The summed E-state index contributed by atoms with van der Waals surface area (Å²) in [6, 6.07) is 4.48. The molecule has 0 unspecified atom stereocenters. The molecule has 10 heteroatoms. The second-order valence-corrected chi connectivity index (χ2v) is 8.83. The summed E-state index contributed by atoms with van der Waals surface area (Å²) < 4.78 is 18.4. The number of anilines is 1. The predicted molar refractivity (Wildman–Crippen MR) is 119 cm³/mol. The minimum Gasteiger partial charge on any atom is -0.444 e. The second kappa shape index (κ2) is 10.5. The summed E-state index contributed by atoms with van der Waals surface area (Å²) in [5.41, 5.74) is -0.269. The third-order valence-corrected chi connectivity index (χ3v) is 5.10. The summed E-state index contributed by atoms with van der Waals surface area (Å²) in [7, 11) is 1.57. The highest BCUT2D eigenvalue weighted by Crippen LogP contribution is 2.26. The lowest BCUT2D eigenvalue weighted by molar-refractivity contribution is -0.125. The SMILES string of the molecule is CNC(=O)[C@H]1CC[C@H](NC(=S)C(=O)Nc2ccc(F)cc2)[C@H](NC(=O)OC(C)(C)C)C1. The van der Waals surface area contributed by atoms with E-state index in [-0.39, 0.29) is 22.9 Å². The Kier molecular flexibility index (Phi) is 8.32. The summed E-state index contributed by atoms with van der Waals surface area (Å²) in [5, 5.41) is 11.0. The zero-order chi connectivity index (χ0) is 23.2. The summed E-state index contributed by atoms with van der Waals surface area (Å²) in [6.45, 7) is 5.27. The molecule has 1 saturated carbocycles. The van der Waals surface area contributed by atoms with E-state index in [0.29, 0.717) is 24.9 Å². The Morgan fingerprint density at radius 2 is 1.71 bits per heavy atom. The number of carbonyl (C=O) groups excluding carboxylic acids is 3. The van der Waals surface area contributed by atoms with Gasteiger partial charge in [0.1, 0.15) is 11.4 Å². The molecule has 0 bridgehead atoms. The van der Waals surface area contributed by atoms with Gasteiger partial charge < -0.3 is 26.0 Å². The second-order valence-electron chi connectivity index (χ2n) is 8.42. The summed E-state index contributed by atoms with van der Waals surface area (Å²) in [5.74, 6) is -1.34. The van der Waals surface area contributed by atoms with Gasteiger partial charge in [-0.05, 0) is 64.3 Å². The van der Waals surface area contributed by atoms with Crippen LogP contribution in [0.15, 0.2) is 24.3 Å². The Labute approximate surface area is 186 Å². The molecule has 1 aromatic rings. The highest BCUT2D eigenvalue weighted by Gasteiger charge is 2.36. The van der Waals surface area contributed by atoms with Gasteiger partial charge in [0.2, 0.25) is 5.91 Å². The molecule has 2 rings (SSSR count). The van der Waals surface area contributed by atoms with Crippen LogP contribution in [0.25, 0.3) is 0 Å². The number of nitrogens with one attached hydrogen (secondary N) is 4. The molecule has 3 atom stereocenters. The minimum absolute atomic E-state index is 0.0660. The van der Waals surface area contributed by atoms with Crippen molar-refractivity contribution < 1.29 is 23.5 Å². The summed E-state index contributed by atoms with van der Waals surface area (Å²) >= 11 is 5.22. The average molecular weight is 453 g/mol. The lowest BCUT2D eigenvalue weighted by Crippen LogP contribution is -2.57. The molecule has 4 N–H and O–H groups in total. The largest absolute Gasteiger partial charge is 0.444 e. The summed E-state index contributed by atoms with van der Waals surface area (Å²) in [4.78, 5) is 36.8. The van der Waals surface area contributed by atoms with Crippen LogP contribution in [0.2, 0.25) is 0 Å². The Morgan fingerprint density at radius 1 is 1.06 bits per heavy atom. The molecule has 1 fully saturated rings. The molecule has 0 aromatic heterocycles. The number of alkyl carbamates (subject to hydrolysis) is 1. The Bertz CT molecular complexity index is 826. The fourth-order valence-corrected chi connectivity index (χ4v) is 3.56. The maximum Gasteiger partial charge on any atom is 0.407 e. The van der Waals surface area contributed by atoms with Crippen molar-refractivity contribution in [3.63, 3.8) is 0 Å². The molecule has 1 aliphatic carbocycles. The van der Waals surface area contributed by atoms with Gasteiger partial charge in [0.05, 0.1) is 6.04 Å². The monoisotopic (exact) mass is 452 g/mol. The molecule has 8 nitrogen and oxygen atoms in total. The maximum absolute atomic E-state index is 13.0. The first-order chi connectivity index (χ1) is 14.5. The van der Waals surface area contributed by atoms with Gasteiger partial charge in [0.25, 0.3) is 5.91 Å². The molecule has 1 aromatic carbocycles. The molecule has 0 saturated heterocycles. The zero-order valence-corrected chi connectivity index (χ0v) is 18.9. The normalized spacial score (nSPS) is 20.9. The Hall–Kier alpha value is -2.75. The van der Waals surface area contributed by atoms with Crippen molar-refractivity contribution in [1.82, 2.24) is 16.0 Å². The number of amides is 3. The number of hydrogen-bond donors (Lipinski definition) is 4. The summed E-state index contributed by atoms with van der Waals surface area (Å²) in [6.07, 6.45) is 0.858. The van der Waals surface area contributed by atoms with Crippen molar-refractivity contribution in [1.29, 1.82) is 0 Å². The number of thiocarbonyl (C=S) groups is 1. The average Bonchev–Trinajstić information content (AvgIpc) is 2.68. The van der Waals surface area contributed by atoms with E-state index in [1.54, 1.807) is 27.8 Å². The standard InChI is InChI=1S/C21H29FN4O4S/c1-21(2,3)30-20(29)26-16-11-12(17(27)23-4)5-10-15(16)25-19(31)18(28)24-14-8-6-13(22)7-9-14/h6-9,12,15-16H,5,10-11H2,1-4H3,(H,23,27)(H,24,28)(H,25,31)(H,26,29)/t12-,15-,16+/m0/s1. The minimum atomic E-state index is -0.674. The molecular weight excluding hydrogens is 423 g/mol. The highest BCUT2D eigenvalue weighted by molar-refractivity contribution is 7.82. The number of hydrogen-bond acceptors (Lipinski definition) is 5. The van der Waals surface area contributed by atoms with E-state index in [9.17, 15) is 18.8 Å². The molecule has 3 amide bonds. The van der Waals surface area contributed by atoms with E-state index in [1.807, 2.05) is 0 Å². The topological polar surface area (TPSA) is 109 Å². The van der Waals surface area contributed by atoms with Crippen molar-refractivity contribution in [2.24, 2.45) is 5.92 Å². The van der Waals surface area contributed by atoms with E-state index >= 15 is 0 Å². The van der Waals surface area contributed by atoms with Gasteiger partial charge >= 0.3 is 6.09 Å². The van der Waals surface area contributed by atoms with Crippen LogP contribution in [-0.2, 0) is 14.3 Å². The first-order valence-electron chi connectivity index (χ1n) is 10.1. The molecule has 31 heavy (non-hydrogen) atoms. The maximum atomic E-state index is 13.0. The van der Waals surface area contributed by atoms with Gasteiger partial charge in [0.15, 0.2) is 4.99 Å². The molecule has 0 spiro atoms. The van der Waals surface area contributed by atoms with Gasteiger partial charge in [-0.3, -0.25) is 9.59 Å². The number of halogens is 1. The van der Waals surface area contributed by atoms with E-state index in [1.165, 1.54) is 24.3 Å². The van der Waals surface area contributed by atoms with Crippen LogP contribution in [-0.4, -0.2) is 47.6 Å². The van der Waals surface area contributed by atoms with Crippen molar-refractivity contribution in [2.75, 3.05) is 12.4 Å². The number of benzene rings is 1. The fourth-order valence-electron chi connectivity index (χ4n) is 3.36. The van der Waals surface area contributed by atoms with Gasteiger partial charge in [-0.1, -0.05) is 12.2 Å². The highest BCUT2D eigenvalue weighted by atomic mass is 32.1. The van der Waals surface area contributed by atoms with E-state index in [2.05, 4.69) is 21.3 Å². The predicted octanol–water partition coefficient (Wildman–Crippen LogP) is 2.49. The van der Waals surface area contributed by atoms with Crippen molar-refractivity contribution in [2.45, 2.75) is 57.7 Å². The van der Waals surface area contributed by atoms with Crippen LogP contribution in [0.4, 0.5) is 14.9 Å². The lowest BCUT2D eigenvalue weighted by Gasteiger charge is -2.37. The van der Waals surface area contributed by atoms with Crippen molar-refractivity contribution >= 4 is 40.8 Å². The molecule has 0 aliphatic heterocycles. The zero-order valence-electron chi connectivity index (χ0n) is 18.1. The molecular formula is C21H29FN4O4S. The van der Waals surface area contributed by atoms with Crippen LogP contribution < -0.4 is 21.3 Å². The Morgan fingerprint density at radius 3 is 2.29 bits per heavy atom. The third kappa shape index (κ3) is 7.78. The van der Waals surface area contributed by atoms with Gasteiger partial charge in [0, 0.05) is 24.7 Å². The quantitative estimate of drug-likeness (QED) is 0.523. The van der Waals surface area contributed by atoms with Crippen molar-refractivity contribution in [3.05, 3.63) is 30.1 Å². The smallest absolute Gasteiger partial charge is 0.407 e. The van der Waals surface area contributed by atoms with E-state index in [4.69, 9.17) is 17.0 Å². The molecule has 0 radical (unpaired) electrons. The van der Waals surface area contributed by atoms with Gasteiger partial charge in [-0.25, -0.2) is 9.18 Å². The first-order valence-corrected chi connectivity index (χ1v) is 10.5. The Balaban J connectivity index is 2.04. The van der Waals surface area contributed by atoms with Gasteiger partial charge in [-0.2, -0.15) is 0 Å². The first kappa shape index (κ1) is 24.5. The third-order valence-electron chi connectivity index (χ3n) is 4.79. The van der Waals surface area contributed by atoms with Crippen molar-refractivity contribution in [3.8, 4) is 0 Å². The van der Waals surface area contributed by atoms with Crippen LogP contribution in [0, 0.1) is 11.7 Å². The van der Waals surface area contributed by atoms with Crippen LogP contribution in [0.1, 0.15) is 40.0 Å². The van der Waals surface area contributed by atoms with Gasteiger partial charge in [-0.15, -0.1) is 0 Å². The fraction of sp³-hybridized carbons (Fsp3) is 0.524. The molecule has 0 heterocycles. The van der Waals surface area contributed by atoms with Crippen LogP contribution in [0.5, 0.6) is 0 Å². The van der Waals surface area contributed by atoms with E-state index in [0.717, 1.165) is 0 Å².